The molecule has 19 heavy (non-hydrogen) atoms. The van der Waals surface area contributed by atoms with Crippen LogP contribution in [0.3, 0.4) is 0 Å². The molecule has 0 radical (unpaired) electrons. The fourth-order valence-electron chi connectivity index (χ4n) is 2.19. The summed E-state index contributed by atoms with van der Waals surface area (Å²) in [5, 5.41) is 17.9. The van der Waals surface area contributed by atoms with Crippen molar-refractivity contribution in [2.75, 3.05) is 24.6 Å². The number of aliphatic hydroxyl groups excluding tert-OH is 1. The number of hydrogen-bond donors (Lipinski definition) is 3. The molecule has 0 saturated carbocycles. The Morgan fingerprint density at radius 3 is 2.89 bits per heavy atom. The summed E-state index contributed by atoms with van der Waals surface area (Å²) in [7, 11) is 0. The summed E-state index contributed by atoms with van der Waals surface area (Å²) in [5.41, 5.74) is 0. The molecule has 3 N–H and O–H groups in total. The number of carbonyl (C=O) groups excluding carboxylic acids is 1. The Labute approximate surface area is 117 Å². The predicted octanol–water partition coefficient (Wildman–Crippen LogP) is 1.40. The summed E-state index contributed by atoms with van der Waals surface area (Å²) >= 11 is 1.75. The average molecular weight is 283 g/mol. The zero-order valence-electron chi connectivity index (χ0n) is 11.1. The van der Waals surface area contributed by atoms with Crippen LogP contribution >= 0.6 is 11.3 Å². The number of urea groups is 1. The molecule has 1 aromatic heterocycles. The Bertz CT molecular complexity index is 389. The van der Waals surface area contributed by atoms with Gasteiger partial charge >= 0.3 is 6.03 Å². The van der Waals surface area contributed by atoms with E-state index in [4.69, 9.17) is 5.11 Å². The molecule has 1 atom stereocenters. The molecule has 0 bridgehead atoms. The van der Waals surface area contributed by atoms with Gasteiger partial charge in [-0.25, -0.2) is 4.79 Å². The molecule has 1 aliphatic rings. The number of piperidine rings is 1. The molecular weight excluding hydrogens is 262 g/mol. The molecule has 106 valence electrons. The number of thiophene rings is 1. The molecule has 2 rings (SSSR count). The highest BCUT2D eigenvalue weighted by Crippen LogP contribution is 2.24. The van der Waals surface area contributed by atoms with Gasteiger partial charge in [0.1, 0.15) is 0 Å². The number of amides is 2. The van der Waals surface area contributed by atoms with Gasteiger partial charge in [-0.05, 0) is 37.3 Å². The first-order chi connectivity index (χ1) is 9.19. The van der Waals surface area contributed by atoms with Crippen LogP contribution in [0.25, 0.3) is 0 Å². The van der Waals surface area contributed by atoms with E-state index in [2.05, 4.69) is 33.0 Å². The van der Waals surface area contributed by atoms with Crippen molar-refractivity contribution in [1.82, 2.24) is 10.6 Å². The van der Waals surface area contributed by atoms with Gasteiger partial charge in [-0.15, -0.1) is 11.3 Å². The summed E-state index contributed by atoms with van der Waals surface area (Å²) < 4.78 is 0. The molecule has 0 spiro atoms. The summed E-state index contributed by atoms with van der Waals surface area (Å²) in [6, 6.07) is 4.03. The fraction of sp³-hybridized carbons (Fsp3) is 0.615. The highest BCUT2D eigenvalue weighted by Gasteiger charge is 2.21. The van der Waals surface area contributed by atoms with E-state index in [1.807, 2.05) is 0 Å². The Balaban J connectivity index is 1.73. The maximum Gasteiger partial charge on any atom is 0.315 e. The number of nitrogens with zero attached hydrogens (tertiary/aromatic N) is 1. The van der Waals surface area contributed by atoms with E-state index in [1.165, 1.54) is 5.00 Å². The van der Waals surface area contributed by atoms with Crippen molar-refractivity contribution in [3.63, 3.8) is 0 Å². The lowest BCUT2D eigenvalue weighted by Crippen LogP contribution is -2.50. The number of nitrogens with one attached hydrogen (secondary N) is 2. The van der Waals surface area contributed by atoms with Crippen molar-refractivity contribution in [3.05, 3.63) is 17.5 Å². The van der Waals surface area contributed by atoms with E-state index in [0.29, 0.717) is 0 Å². The summed E-state index contributed by atoms with van der Waals surface area (Å²) in [6.07, 6.45) is 1.91. The fourth-order valence-corrected chi connectivity index (χ4v) is 2.98. The highest BCUT2D eigenvalue weighted by atomic mass is 32.1. The molecule has 1 saturated heterocycles. The van der Waals surface area contributed by atoms with Crippen LogP contribution in [-0.2, 0) is 0 Å². The van der Waals surface area contributed by atoms with E-state index >= 15 is 0 Å². The van der Waals surface area contributed by atoms with Crippen LogP contribution in [0.2, 0.25) is 0 Å². The lowest BCUT2D eigenvalue weighted by atomic mass is 10.1. The monoisotopic (exact) mass is 283 g/mol. The van der Waals surface area contributed by atoms with E-state index in [9.17, 15) is 4.79 Å². The third-order valence-corrected chi connectivity index (χ3v) is 4.23. The van der Waals surface area contributed by atoms with Gasteiger partial charge in [0.25, 0.3) is 0 Å². The third-order valence-electron chi connectivity index (χ3n) is 3.30. The van der Waals surface area contributed by atoms with Gasteiger partial charge in [0.05, 0.1) is 17.6 Å². The van der Waals surface area contributed by atoms with Crippen LogP contribution in [0.1, 0.15) is 19.8 Å². The minimum atomic E-state index is -0.203. The summed E-state index contributed by atoms with van der Waals surface area (Å²) in [4.78, 5) is 14.0. The molecule has 5 nitrogen and oxygen atoms in total. The van der Waals surface area contributed by atoms with Gasteiger partial charge in [0, 0.05) is 19.1 Å². The van der Waals surface area contributed by atoms with Gasteiger partial charge < -0.3 is 20.6 Å². The van der Waals surface area contributed by atoms with E-state index in [1.54, 1.807) is 18.3 Å². The van der Waals surface area contributed by atoms with Crippen molar-refractivity contribution >= 4 is 22.4 Å². The van der Waals surface area contributed by atoms with Crippen molar-refractivity contribution in [3.8, 4) is 0 Å². The number of anilines is 1. The van der Waals surface area contributed by atoms with Gasteiger partial charge in [-0.1, -0.05) is 0 Å². The number of rotatable bonds is 4. The quantitative estimate of drug-likeness (QED) is 0.782. The number of aliphatic hydroxyl groups is 1. The second-order valence-electron chi connectivity index (χ2n) is 4.91. The molecule has 6 heteroatoms. The largest absolute Gasteiger partial charge is 0.394 e. The maximum absolute atomic E-state index is 11.6. The Kier molecular flexibility index (Phi) is 5.04. The third kappa shape index (κ3) is 4.11. The van der Waals surface area contributed by atoms with Crippen molar-refractivity contribution in [1.29, 1.82) is 0 Å². The van der Waals surface area contributed by atoms with E-state index < -0.39 is 0 Å². The molecular formula is C13H21N3O2S. The zero-order valence-corrected chi connectivity index (χ0v) is 11.9. The second-order valence-corrected chi connectivity index (χ2v) is 5.84. The van der Waals surface area contributed by atoms with Crippen LogP contribution in [0.15, 0.2) is 17.5 Å². The smallest absolute Gasteiger partial charge is 0.315 e. The van der Waals surface area contributed by atoms with E-state index in [0.717, 1.165) is 25.9 Å². The van der Waals surface area contributed by atoms with Gasteiger partial charge in [-0.3, -0.25) is 0 Å². The van der Waals surface area contributed by atoms with Crippen LogP contribution < -0.4 is 15.5 Å². The van der Waals surface area contributed by atoms with Crippen molar-refractivity contribution in [2.24, 2.45) is 0 Å². The first-order valence-corrected chi connectivity index (χ1v) is 7.53. The first-order valence-electron chi connectivity index (χ1n) is 6.65. The maximum atomic E-state index is 11.6. The standard InChI is InChI=1S/C13H21N3O2S/c1-10(9-17)14-13(18)15-11-4-6-16(7-5-11)12-3-2-8-19-12/h2-3,8,10-11,17H,4-7,9H2,1H3,(H2,14,15,18)/t10-/m0/s1. The average Bonchev–Trinajstić information content (AvgIpc) is 2.93. The van der Waals surface area contributed by atoms with E-state index in [-0.39, 0.29) is 24.7 Å². The molecule has 1 aliphatic heterocycles. The van der Waals surface area contributed by atoms with Crippen LogP contribution in [-0.4, -0.2) is 42.9 Å². The molecule has 2 amide bonds. The highest BCUT2D eigenvalue weighted by molar-refractivity contribution is 7.14. The molecule has 0 aromatic carbocycles. The Hall–Kier alpha value is -1.27. The summed E-state index contributed by atoms with van der Waals surface area (Å²) in [6.45, 7) is 3.69. The lowest BCUT2D eigenvalue weighted by Gasteiger charge is -2.33. The van der Waals surface area contributed by atoms with Crippen LogP contribution in [0.4, 0.5) is 9.80 Å². The van der Waals surface area contributed by atoms with Crippen LogP contribution in [0, 0.1) is 0 Å². The summed E-state index contributed by atoms with van der Waals surface area (Å²) in [5.74, 6) is 0. The van der Waals surface area contributed by atoms with Gasteiger partial charge in [-0.2, -0.15) is 0 Å². The lowest BCUT2D eigenvalue weighted by molar-refractivity contribution is 0.215. The molecule has 1 fully saturated rings. The van der Waals surface area contributed by atoms with Gasteiger partial charge in [0.2, 0.25) is 0 Å². The second kappa shape index (κ2) is 6.77. The number of hydrogen-bond acceptors (Lipinski definition) is 4. The Morgan fingerprint density at radius 2 is 2.32 bits per heavy atom. The first kappa shape index (κ1) is 14.1. The zero-order chi connectivity index (χ0) is 13.7. The van der Waals surface area contributed by atoms with Crippen LogP contribution in [0.5, 0.6) is 0 Å². The molecule has 0 unspecified atom stereocenters. The normalized spacial score (nSPS) is 18.1. The van der Waals surface area contributed by atoms with Crippen molar-refractivity contribution in [2.45, 2.75) is 31.8 Å². The minimum absolute atomic E-state index is 0.0375. The number of carbonyl (C=O) groups is 1. The minimum Gasteiger partial charge on any atom is -0.394 e. The van der Waals surface area contributed by atoms with Gasteiger partial charge in [0.15, 0.2) is 0 Å². The molecule has 1 aromatic rings. The topological polar surface area (TPSA) is 64.6 Å². The van der Waals surface area contributed by atoms with Crippen molar-refractivity contribution < 1.29 is 9.90 Å². The Morgan fingerprint density at radius 1 is 1.58 bits per heavy atom. The molecule has 0 aliphatic carbocycles. The molecule has 2 heterocycles. The predicted molar refractivity (Wildman–Crippen MR) is 77.8 cm³/mol. The SMILES string of the molecule is C[C@@H](CO)NC(=O)NC1CCN(c2cccs2)CC1.